The third kappa shape index (κ3) is 3.60. The summed E-state index contributed by atoms with van der Waals surface area (Å²) in [4.78, 5) is 7.20. The average molecular weight is 322 g/mol. The minimum atomic E-state index is -4.59. The van der Waals surface area contributed by atoms with Crippen molar-refractivity contribution in [1.82, 2.24) is 9.97 Å². The topological polar surface area (TPSA) is 50.2 Å². The van der Waals surface area contributed by atoms with Crippen LogP contribution in [0, 0.1) is 5.92 Å². The number of nitrogens with zero attached hydrogens (tertiary/aromatic N) is 3. The highest BCUT2D eigenvalue weighted by Crippen LogP contribution is 2.30. The summed E-state index contributed by atoms with van der Waals surface area (Å²) in [6.45, 7) is 2.19. The fraction of sp³-hybridized carbons (Fsp3) is 0.438. The Morgan fingerprint density at radius 3 is 2.52 bits per heavy atom. The molecule has 0 spiro atoms. The molecule has 2 aromatic rings. The highest BCUT2D eigenvalue weighted by Gasteiger charge is 2.35. The van der Waals surface area contributed by atoms with Crippen LogP contribution in [-0.2, 0) is 6.18 Å². The molecule has 0 unspecified atom stereocenters. The van der Waals surface area contributed by atoms with Gasteiger partial charge in [-0.2, -0.15) is 18.3 Å². The van der Waals surface area contributed by atoms with Gasteiger partial charge in [0.25, 0.3) is 0 Å². The third-order valence-corrected chi connectivity index (χ3v) is 4.03. The first-order chi connectivity index (χ1) is 10.9. The maximum Gasteiger partial charge on any atom is 0.451 e. The lowest BCUT2D eigenvalue weighted by Gasteiger charge is -2.19. The molecule has 0 radical (unpaired) electrons. The monoisotopic (exact) mass is 322 g/mol. The largest absolute Gasteiger partial charge is 0.451 e. The van der Waals surface area contributed by atoms with E-state index in [0.29, 0.717) is 11.3 Å². The summed E-state index contributed by atoms with van der Waals surface area (Å²) < 4.78 is 38.8. The molecule has 1 aliphatic carbocycles. The second-order valence-corrected chi connectivity index (χ2v) is 5.88. The lowest BCUT2D eigenvalue weighted by molar-refractivity contribution is -0.144. The van der Waals surface area contributed by atoms with Gasteiger partial charge in [0.05, 0.1) is 5.52 Å². The van der Waals surface area contributed by atoms with E-state index in [0.717, 1.165) is 31.4 Å². The van der Waals surface area contributed by atoms with Gasteiger partial charge in [-0.3, -0.25) is 5.43 Å². The normalized spacial score (nSPS) is 19.0. The molecule has 23 heavy (non-hydrogen) atoms. The van der Waals surface area contributed by atoms with Gasteiger partial charge < -0.3 is 0 Å². The van der Waals surface area contributed by atoms with E-state index in [1.807, 2.05) is 0 Å². The first kappa shape index (κ1) is 15.7. The van der Waals surface area contributed by atoms with Crippen LogP contribution >= 0.6 is 0 Å². The molecule has 1 N–H and O–H groups in total. The third-order valence-electron chi connectivity index (χ3n) is 4.03. The number of nitrogens with one attached hydrogen (secondary N) is 1. The second-order valence-electron chi connectivity index (χ2n) is 5.88. The zero-order valence-electron chi connectivity index (χ0n) is 12.7. The van der Waals surface area contributed by atoms with Crippen molar-refractivity contribution in [2.45, 2.75) is 38.8 Å². The summed E-state index contributed by atoms with van der Waals surface area (Å²) in [6, 6.07) is 6.60. The van der Waals surface area contributed by atoms with Gasteiger partial charge in [-0.15, -0.1) is 0 Å². The molecule has 0 atom stereocenters. The zero-order valence-corrected chi connectivity index (χ0v) is 12.7. The SMILES string of the molecule is CC1CCC(=NNc2nc(C(F)(F)F)nc3ccccc23)CC1. The van der Waals surface area contributed by atoms with Crippen LogP contribution in [0.5, 0.6) is 0 Å². The van der Waals surface area contributed by atoms with Gasteiger partial charge in [-0.05, 0) is 43.7 Å². The maximum atomic E-state index is 12.9. The van der Waals surface area contributed by atoms with E-state index in [4.69, 9.17) is 0 Å². The van der Waals surface area contributed by atoms with Gasteiger partial charge >= 0.3 is 6.18 Å². The molecule has 1 aromatic heterocycles. The number of hydrogen-bond donors (Lipinski definition) is 1. The molecule has 0 aliphatic heterocycles. The molecular weight excluding hydrogens is 305 g/mol. The minimum absolute atomic E-state index is 0.0917. The number of halogens is 3. The highest BCUT2D eigenvalue weighted by atomic mass is 19.4. The van der Waals surface area contributed by atoms with E-state index in [1.54, 1.807) is 18.2 Å². The summed E-state index contributed by atoms with van der Waals surface area (Å²) in [5.41, 5.74) is 3.94. The van der Waals surface area contributed by atoms with Gasteiger partial charge in [0.2, 0.25) is 5.82 Å². The molecule has 0 bridgehead atoms. The van der Waals surface area contributed by atoms with Gasteiger partial charge in [-0.25, -0.2) is 9.97 Å². The second kappa shape index (κ2) is 6.14. The Balaban J connectivity index is 1.94. The van der Waals surface area contributed by atoms with E-state index in [9.17, 15) is 13.2 Å². The van der Waals surface area contributed by atoms with Crippen molar-refractivity contribution in [3.63, 3.8) is 0 Å². The molecule has 1 saturated carbocycles. The van der Waals surface area contributed by atoms with Crippen LogP contribution in [-0.4, -0.2) is 15.7 Å². The molecule has 0 amide bonds. The maximum absolute atomic E-state index is 12.9. The van der Waals surface area contributed by atoms with Gasteiger partial charge in [-0.1, -0.05) is 19.1 Å². The lowest BCUT2D eigenvalue weighted by Crippen LogP contribution is -2.15. The summed E-state index contributed by atoms with van der Waals surface area (Å²) in [5, 5.41) is 4.79. The van der Waals surface area contributed by atoms with E-state index < -0.39 is 12.0 Å². The Morgan fingerprint density at radius 2 is 1.83 bits per heavy atom. The smallest absolute Gasteiger partial charge is 0.261 e. The van der Waals surface area contributed by atoms with E-state index in [-0.39, 0.29) is 11.3 Å². The quantitative estimate of drug-likeness (QED) is 0.820. The van der Waals surface area contributed by atoms with Crippen LogP contribution < -0.4 is 5.43 Å². The molecule has 122 valence electrons. The van der Waals surface area contributed by atoms with Crippen molar-refractivity contribution in [3.05, 3.63) is 30.1 Å². The molecule has 3 rings (SSSR count). The van der Waals surface area contributed by atoms with Crippen molar-refractivity contribution in [2.24, 2.45) is 11.0 Å². The number of hydrogen-bond acceptors (Lipinski definition) is 4. The zero-order chi connectivity index (χ0) is 16.4. The standard InChI is InChI=1S/C16H17F3N4/c1-10-6-8-11(9-7-10)22-23-14-12-4-2-3-5-13(12)20-15(21-14)16(17,18)19/h2-5,10H,6-9H2,1H3,(H,20,21,23). The van der Waals surface area contributed by atoms with Crippen LogP contribution in [0.1, 0.15) is 38.4 Å². The molecule has 4 nitrogen and oxygen atoms in total. The number of rotatable bonds is 2. The van der Waals surface area contributed by atoms with Crippen LogP contribution in [0.2, 0.25) is 0 Å². The van der Waals surface area contributed by atoms with Gasteiger partial charge in [0.1, 0.15) is 0 Å². The molecular formula is C16H17F3N4. The molecule has 1 fully saturated rings. The fourth-order valence-corrected chi connectivity index (χ4v) is 2.63. The van der Waals surface area contributed by atoms with Crippen LogP contribution in [0.15, 0.2) is 29.4 Å². The first-order valence-corrected chi connectivity index (χ1v) is 7.59. The van der Waals surface area contributed by atoms with Gasteiger partial charge in [0.15, 0.2) is 5.82 Å². The summed E-state index contributed by atoms with van der Waals surface area (Å²) in [6.07, 6.45) is -0.752. The van der Waals surface area contributed by atoms with E-state index >= 15 is 0 Å². The summed E-state index contributed by atoms with van der Waals surface area (Å²) in [5.74, 6) is -0.393. The highest BCUT2D eigenvalue weighted by molar-refractivity contribution is 5.90. The van der Waals surface area contributed by atoms with E-state index in [1.165, 1.54) is 6.07 Å². The predicted molar refractivity (Wildman–Crippen MR) is 83.2 cm³/mol. The van der Waals surface area contributed by atoms with Crippen molar-refractivity contribution >= 4 is 22.4 Å². The minimum Gasteiger partial charge on any atom is -0.261 e. The number of hydrazone groups is 1. The molecule has 1 aromatic carbocycles. The molecule has 7 heteroatoms. The van der Waals surface area contributed by atoms with Crippen molar-refractivity contribution < 1.29 is 13.2 Å². The Bertz CT molecular complexity index is 730. The predicted octanol–water partition coefficient (Wildman–Crippen LogP) is 4.63. The Labute approximate surface area is 131 Å². The molecule has 1 heterocycles. The number of alkyl halides is 3. The number of fused-ring (bicyclic) bond motifs is 1. The Kier molecular flexibility index (Phi) is 4.19. The average Bonchev–Trinajstić information content (AvgIpc) is 2.53. The van der Waals surface area contributed by atoms with Gasteiger partial charge in [0, 0.05) is 11.1 Å². The van der Waals surface area contributed by atoms with E-state index in [2.05, 4.69) is 27.4 Å². The molecule has 1 aliphatic rings. The van der Waals surface area contributed by atoms with Crippen LogP contribution in [0.4, 0.5) is 19.0 Å². The van der Waals surface area contributed by atoms with Crippen molar-refractivity contribution in [2.75, 3.05) is 5.43 Å². The van der Waals surface area contributed by atoms with Crippen LogP contribution in [0.25, 0.3) is 10.9 Å². The summed E-state index contributed by atoms with van der Waals surface area (Å²) in [7, 11) is 0. The fourth-order valence-electron chi connectivity index (χ4n) is 2.63. The van der Waals surface area contributed by atoms with Crippen LogP contribution in [0.3, 0.4) is 0 Å². The molecule has 0 saturated heterocycles. The summed E-state index contributed by atoms with van der Waals surface area (Å²) >= 11 is 0. The van der Waals surface area contributed by atoms with Crippen molar-refractivity contribution in [1.29, 1.82) is 0 Å². The lowest BCUT2D eigenvalue weighted by atomic mass is 9.90. The number of para-hydroxylation sites is 1. The van der Waals surface area contributed by atoms with Crippen molar-refractivity contribution in [3.8, 4) is 0 Å². The Morgan fingerprint density at radius 1 is 1.13 bits per heavy atom. The Hall–Kier alpha value is -2.18. The number of anilines is 1. The number of benzene rings is 1. The number of aromatic nitrogens is 2. The first-order valence-electron chi connectivity index (χ1n) is 7.59.